The molecule has 3 rings (SSSR count). The zero-order chi connectivity index (χ0) is 16.2. The van der Waals surface area contributed by atoms with Crippen LogP contribution in [0.4, 0.5) is 0 Å². The van der Waals surface area contributed by atoms with Crippen molar-refractivity contribution in [1.82, 2.24) is 24.3 Å². The van der Waals surface area contributed by atoms with E-state index < -0.39 is 0 Å². The number of imidazole rings is 1. The van der Waals surface area contributed by atoms with E-state index in [0.717, 1.165) is 71.0 Å². The van der Waals surface area contributed by atoms with Gasteiger partial charge in [0.15, 0.2) is 0 Å². The highest BCUT2D eigenvalue weighted by molar-refractivity contribution is 5.81. The van der Waals surface area contributed by atoms with Crippen molar-refractivity contribution < 1.29 is 4.79 Å². The summed E-state index contributed by atoms with van der Waals surface area (Å²) in [7, 11) is 0. The molecule has 0 spiro atoms. The van der Waals surface area contributed by atoms with Crippen molar-refractivity contribution in [2.45, 2.75) is 45.8 Å². The van der Waals surface area contributed by atoms with Gasteiger partial charge in [0.25, 0.3) is 0 Å². The third kappa shape index (κ3) is 3.75. The molecule has 2 fully saturated rings. The molecule has 0 aromatic carbocycles. The Morgan fingerprint density at radius 1 is 1.17 bits per heavy atom. The van der Waals surface area contributed by atoms with Gasteiger partial charge in [-0.3, -0.25) is 14.6 Å². The molecule has 1 atom stereocenters. The topological polar surface area (TPSA) is 44.6 Å². The van der Waals surface area contributed by atoms with Crippen LogP contribution in [0.3, 0.4) is 0 Å². The summed E-state index contributed by atoms with van der Waals surface area (Å²) in [5.41, 5.74) is 0. The first-order valence-corrected chi connectivity index (χ1v) is 8.94. The van der Waals surface area contributed by atoms with Gasteiger partial charge >= 0.3 is 0 Å². The van der Waals surface area contributed by atoms with Gasteiger partial charge < -0.3 is 9.47 Å². The molecular formula is C17H29N5O. The smallest absolute Gasteiger partial charge is 0.239 e. The highest BCUT2D eigenvalue weighted by atomic mass is 16.2. The minimum Gasteiger partial charge on any atom is -0.341 e. The molecule has 0 aliphatic carbocycles. The van der Waals surface area contributed by atoms with Gasteiger partial charge in [0, 0.05) is 58.2 Å². The number of rotatable bonds is 5. The van der Waals surface area contributed by atoms with Crippen LogP contribution in [0, 0.1) is 0 Å². The van der Waals surface area contributed by atoms with Gasteiger partial charge in [0.1, 0.15) is 5.82 Å². The van der Waals surface area contributed by atoms with Crippen molar-refractivity contribution in [2.75, 3.05) is 39.3 Å². The minimum absolute atomic E-state index is 0.0212. The van der Waals surface area contributed by atoms with Crippen molar-refractivity contribution in [3.8, 4) is 0 Å². The van der Waals surface area contributed by atoms with Crippen molar-refractivity contribution in [1.29, 1.82) is 0 Å². The molecule has 0 bridgehead atoms. The Bertz CT molecular complexity index is 515. The predicted molar refractivity (Wildman–Crippen MR) is 90.0 cm³/mol. The van der Waals surface area contributed by atoms with Crippen LogP contribution in [0.15, 0.2) is 12.4 Å². The van der Waals surface area contributed by atoms with E-state index in [1.807, 2.05) is 17.3 Å². The molecule has 2 aliphatic heterocycles. The summed E-state index contributed by atoms with van der Waals surface area (Å²) in [6, 6.07) is 0.0212. The second kappa shape index (κ2) is 7.45. The summed E-state index contributed by atoms with van der Waals surface area (Å²) in [5, 5.41) is 0. The number of aryl methyl sites for hydroxylation is 1. The average molecular weight is 319 g/mol. The van der Waals surface area contributed by atoms with Crippen molar-refractivity contribution in [3.63, 3.8) is 0 Å². The molecule has 3 heterocycles. The lowest BCUT2D eigenvalue weighted by atomic mass is 10.2. The maximum atomic E-state index is 12.5. The zero-order valence-electron chi connectivity index (χ0n) is 14.4. The largest absolute Gasteiger partial charge is 0.341 e. The van der Waals surface area contributed by atoms with E-state index in [1.165, 1.54) is 0 Å². The van der Waals surface area contributed by atoms with Gasteiger partial charge in [0.05, 0.1) is 12.6 Å². The number of hydrogen-bond acceptors (Lipinski definition) is 4. The van der Waals surface area contributed by atoms with Gasteiger partial charge in [-0.05, 0) is 26.7 Å². The van der Waals surface area contributed by atoms with Crippen molar-refractivity contribution >= 4 is 5.91 Å². The lowest BCUT2D eigenvalue weighted by Gasteiger charge is -2.38. The highest BCUT2D eigenvalue weighted by Gasteiger charge is 2.30. The van der Waals surface area contributed by atoms with Gasteiger partial charge in [-0.15, -0.1) is 0 Å². The molecule has 6 heteroatoms. The molecule has 23 heavy (non-hydrogen) atoms. The van der Waals surface area contributed by atoms with Gasteiger partial charge in [0.2, 0.25) is 5.91 Å². The maximum absolute atomic E-state index is 12.5. The van der Waals surface area contributed by atoms with E-state index in [0.29, 0.717) is 5.91 Å². The number of amides is 1. The Labute approximate surface area is 139 Å². The van der Waals surface area contributed by atoms with E-state index in [-0.39, 0.29) is 6.04 Å². The quantitative estimate of drug-likeness (QED) is 0.813. The highest BCUT2D eigenvalue weighted by Crippen LogP contribution is 2.14. The first-order valence-electron chi connectivity index (χ1n) is 8.94. The van der Waals surface area contributed by atoms with E-state index in [4.69, 9.17) is 0 Å². The molecule has 2 aliphatic rings. The van der Waals surface area contributed by atoms with Gasteiger partial charge in [-0.25, -0.2) is 4.98 Å². The van der Waals surface area contributed by atoms with E-state index in [9.17, 15) is 4.79 Å². The molecule has 1 amide bonds. The van der Waals surface area contributed by atoms with Crippen LogP contribution in [0.5, 0.6) is 0 Å². The lowest BCUT2D eigenvalue weighted by molar-refractivity contribution is -0.136. The van der Waals surface area contributed by atoms with E-state index in [2.05, 4.69) is 33.2 Å². The molecule has 0 saturated carbocycles. The number of aromatic nitrogens is 2. The third-order valence-corrected chi connectivity index (χ3v) is 5.24. The van der Waals surface area contributed by atoms with Crippen molar-refractivity contribution in [2.24, 2.45) is 0 Å². The Morgan fingerprint density at radius 3 is 2.52 bits per heavy atom. The van der Waals surface area contributed by atoms with Crippen LogP contribution in [-0.2, 0) is 17.9 Å². The first-order chi connectivity index (χ1) is 11.2. The fraction of sp³-hybridized carbons (Fsp3) is 0.765. The summed E-state index contributed by atoms with van der Waals surface area (Å²) in [4.78, 5) is 23.8. The number of likely N-dealkylation sites (tertiary alicyclic amines) is 1. The fourth-order valence-corrected chi connectivity index (χ4v) is 3.65. The second-order valence-electron chi connectivity index (χ2n) is 6.65. The summed E-state index contributed by atoms with van der Waals surface area (Å²) in [6.45, 7) is 11.9. The van der Waals surface area contributed by atoms with E-state index in [1.54, 1.807) is 0 Å². The SMILES string of the molecule is CCn1ccnc1CN1CCN([C@@H](C)C(=O)N2CCCC2)CC1. The standard InChI is InChI=1S/C17H29N5O/c1-3-20-9-6-18-16(20)14-19-10-12-21(13-11-19)15(2)17(23)22-7-4-5-8-22/h6,9,15H,3-5,7-8,10-14H2,1-2H3/t15-/m0/s1. The Kier molecular flexibility index (Phi) is 5.33. The van der Waals surface area contributed by atoms with Crippen LogP contribution < -0.4 is 0 Å². The van der Waals surface area contributed by atoms with Crippen LogP contribution >= 0.6 is 0 Å². The molecule has 0 unspecified atom stereocenters. The Hall–Kier alpha value is -1.40. The molecule has 2 saturated heterocycles. The van der Waals surface area contributed by atoms with Crippen LogP contribution in [0.25, 0.3) is 0 Å². The molecule has 6 nitrogen and oxygen atoms in total. The summed E-state index contributed by atoms with van der Waals surface area (Å²) < 4.78 is 2.20. The van der Waals surface area contributed by atoms with Gasteiger partial charge in [-0.2, -0.15) is 0 Å². The third-order valence-electron chi connectivity index (χ3n) is 5.24. The lowest BCUT2D eigenvalue weighted by Crippen LogP contribution is -2.54. The van der Waals surface area contributed by atoms with Crippen LogP contribution in [0.2, 0.25) is 0 Å². The molecule has 0 radical (unpaired) electrons. The summed E-state index contributed by atoms with van der Waals surface area (Å²) in [5.74, 6) is 1.46. The number of carbonyl (C=O) groups excluding carboxylic acids is 1. The molecule has 1 aromatic heterocycles. The number of carbonyl (C=O) groups is 1. The predicted octanol–water partition coefficient (Wildman–Crippen LogP) is 1.03. The summed E-state index contributed by atoms with van der Waals surface area (Å²) in [6.07, 6.45) is 6.25. The monoisotopic (exact) mass is 319 g/mol. The Balaban J connectivity index is 1.49. The molecule has 1 aromatic rings. The van der Waals surface area contributed by atoms with Gasteiger partial charge in [-0.1, -0.05) is 0 Å². The summed E-state index contributed by atoms with van der Waals surface area (Å²) >= 11 is 0. The molecule has 128 valence electrons. The van der Waals surface area contributed by atoms with Crippen LogP contribution in [-0.4, -0.2) is 75.5 Å². The first kappa shape index (κ1) is 16.5. The second-order valence-corrected chi connectivity index (χ2v) is 6.65. The number of hydrogen-bond donors (Lipinski definition) is 0. The average Bonchev–Trinajstić information content (AvgIpc) is 3.25. The molecular weight excluding hydrogens is 290 g/mol. The van der Waals surface area contributed by atoms with E-state index >= 15 is 0 Å². The van der Waals surface area contributed by atoms with Crippen LogP contribution in [0.1, 0.15) is 32.5 Å². The minimum atomic E-state index is 0.0212. The molecule has 0 N–H and O–H groups in total. The fourth-order valence-electron chi connectivity index (χ4n) is 3.65. The normalized spacial score (nSPS) is 21.7. The number of piperazine rings is 1. The maximum Gasteiger partial charge on any atom is 0.239 e. The Morgan fingerprint density at radius 2 is 1.87 bits per heavy atom. The zero-order valence-corrected chi connectivity index (χ0v) is 14.4. The van der Waals surface area contributed by atoms with Crippen molar-refractivity contribution in [3.05, 3.63) is 18.2 Å². The number of nitrogens with zero attached hydrogens (tertiary/aromatic N) is 5.